The molecule has 108 valence electrons. The molecule has 0 radical (unpaired) electrons. The molecule has 20 heavy (non-hydrogen) atoms. The van der Waals surface area contributed by atoms with Crippen molar-refractivity contribution in [2.24, 2.45) is 0 Å². The number of hydrogen-bond acceptors (Lipinski definition) is 4. The van der Waals surface area contributed by atoms with Gasteiger partial charge in [0.1, 0.15) is 5.69 Å². The summed E-state index contributed by atoms with van der Waals surface area (Å²) in [5.41, 5.74) is 0.555. The van der Waals surface area contributed by atoms with Crippen molar-refractivity contribution in [3.8, 4) is 10.8 Å². The Morgan fingerprint density at radius 1 is 1.45 bits per heavy atom. The van der Waals surface area contributed by atoms with Gasteiger partial charge in [-0.25, -0.2) is 4.98 Å². The van der Waals surface area contributed by atoms with Crippen molar-refractivity contribution in [3.05, 3.63) is 29.0 Å². The van der Waals surface area contributed by atoms with Gasteiger partial charge in [-0.1, -0.05) is 13.3 Å². The first-order chi connectivity index (χ1) is 9.67. The molecular weight excluding hydrogens is 272 g/mol. The summed E-state index contributed by atoms with van der Waals surface area (Å²) < 4.78 is 5.34. The van der Waals surface area contributed by atoms with Crippen LogP contribution in [0.4, 0.5) is 0 Å². The van der Waals surface area contributed by atoms with Gasteiger partial charge in [0.25, 0.3) is 5.91 Å². The SMILES string of the molecule is CCCCN(CC)C(=O)c1nc(-c2ccco2)sc1C. The maximum atomic E-state index is 12.5. The molecular formula is C15H20N2O2S. The summed E-state index contributed by atoms with van der Waals surface area (Å²) in [4.78, 5) is 19.8. The Kier molecular flexibility index (Phi) is 4.95. The van der Waals surface area contributed by atoms with E-state index in [0.717, 1.165) is 29.3 Å². The van der Waals surface area contributed by atoms with Gasteiger partial charge in [-0.15, -0.1) is 11.3 Å². The Morgan fingerprint density at radius 3 is 2.85 bits per heavy atom. The monoisotopic (exact) mass is 292 g/mol. The van der Waals surface area contributed by atoms with Crippen LogP contribution in [0, 0.1) is 6.92 Å². The number of amides is 1. The van der Waals surface area contributed by atoms with E-state index in [1.165, 1.54) is 11.3 Å². The van der Waals surface area contributed by atoms with E-state index in [9.17, 15) is 4.79 Å². The van der Waals surface area contributed by atoms with Crippen LogP contribution >= 0.6 is 11.3 Å². The summed E-state index contributed by atoms with van der Waals surface area (Å²) in [6, 6.07) is 3.69. The van der Waals surface area contributed by atoms with Gasteiger partial charge >= 0.3 is 0 Å². The number of aryl methyl sites for hydroxylation is 1. The second-order valence-corrected chi connectivity index (χ2v) is 5.84. The van der Waals surface area contributed by atoms with Gasteiger partial charge in [-0.05, 0) is 32.4 Å². The van der Waals surface area contributed by atoms with Crippen molar-refractivity contribution in [3.63, 3.8) is 0 Å². The van der Waals surface area contributed by atoms with Crippen LogP contribution in [0.3, 0.4) is 0 Å². The topological polar surface area (TPSA) is 46.3 Å². The first-order valence-corrected chi connectivity index (χ1v) is 7.79. The van der Waals surface area contributed by atoms with Crippen molar-refractivity contribution in [1.82, 2.24) is 9.88 Å². The fraction of sp³-hybridized carbons (Fsp3) is 0.467. The predicted molar refractivity (Wildman–Crippen MR) is 81.0 cm³/mol. The highest BCUT2D eigenvalue weighted by atomic mass is 32.1. The molecule has 0 N–H and O–H groups in total. The number of nitrogens with zero attached hydrogens (tertiary/aromatic N) is 2. The zero-order chi connectivity index (χ0) is 14.5. The van der Waals surface area contributed by atoms with Crippen LogP contribution in [0.1, 0.15) is 42.1 Å². The summed E-state index contributed by atoms with van der Waals surface area (Å²) in [6.07, 6.45) is 3.72. The molecule has 4 nitrogen and oxygen atoms in total. The normalized spacial score (nSPS) is 10.8. The maximum Gasteiger partial charge on any atom is 0.273 e. The number of carbonyl (C=O) groups excluding carboxylic acids is 1. The molecule has 2 rings (SSSR count). The lowest BCUT2D eigenvalue weighted by Crippen LogP contribution is -2.32. The number of hydrogen-bond donors (Lipinski definition) is 0. The van der Waals surface area contributed by atoms with Crippen LogP contribution in [0.15, 0.2) is 22.8 Å². The van der Waals surface area contributed by atoms with E-state index >= 15 is 0 Å². The van der Waals surface area contributed by atoms with E-state index in [0.29, 0.717) is 18.0 Å². The Bertz CT molecular complexity index is 560. The first-order valence-electron chi connectivity index (χ1n) is 6.98. The summed E-state index contributed by atoms with van der Waals surface area (Å²) in [7, 11) is 0. The van der Waals surface area contributed by atoms with Crippen molar-refractivity contribution < 1.29 is 9.21 Å². The highest BCUT2D eigenvalue weighted by Crippen LogP contribution is 2.28. The molecule has 0 aromatic carbocycles. The van der Waals surface area contributed by atoms with Crippen LogP contribution in [0.5, 0.6) is 0 Å². The largest absolute Gasteiger partial charge is 0.462 e. The van der Waals surface area contributed by atoms with Gasteiger partial charge in [0, 0.05) is 18.0 Å². The lowest BCUT2D eigenvalue weighted by atomic mass is 10.2. The highest BCUT2D eigenvalue weighted by Gasteiger charge is 2.21. The number of thiazole rings is 1. The third kappa shape index (κ3) is 3.10. The summed E-state index contributed by atoms with van der Waals surface area (Å²) in [6.45, 7) is 7.57. The van der Waals surface area contributed by atoms with Crippen LogP contribution in [0.25, 0.3) is 10.8 Å². The van der Waals surface area contributed by atoms with Crippen molar-refractivity contribution >= 4 is 17.2 Å². The molecule has 5 heteroatoms. The molecule has 0 spiro atoms. The standard InChI is InChI=1S/C15H20N2O2S/c1-4-6-9-17(5-2)15(18)13-11(3)20-14(16-13)12-8-7-10-19-12/h7-8,10H,4-6,9H2,1-3H3. The molecule has 0 atom stereocenters. The molecule has 0 aliphatic carbocycles. The van der Waals surface area contributed by atoms with Crippen LogP contribution in [-0.2, 0) is 0 Å². The average Bonchev–Trinajstić information content (AvgIpc) is 3.08. The maximum absolute atomic E-state index is 12.5. The smallest absolute Gasteiger partial charge is 0.273 e. The van der Waals surface area contributed by atoms with Crippen molar-refractivity contribution in [2.45, 2.75) is 33.6 Å². The fourth-order valence-electron chi connectivity index (χ4n) is 2.00. The molecule has 2 heterocycles. The molecule has 2 aromatic rings. The Hall–Kier alpha value is -1.62. The minimum absolute atomic E-state index is 0.0208. The lowest BCUT2D eigenvalue weighted by Gasteiger charge is -2.19. The van der Waals surface area contributed by atoms with Crippen molar-refractivity contribution in [2.75, 3.05) is 13.1 Å². The van der Waals surface area contributed by atoms with E-state index in [1.54, 1.807) is 6.26 Å². The zero-order valence-electron chi connectivity index (χ0n) is 12.2. The van der Waals surface area contributed by atoms with Gasteiger partial charge < -0.3 is 9.32 Å². The van der Waals surface area contributed by atoms with E-state index in [-0.39, 0.29) is 5.91 Å². The summed E-state index contributed by atoms with van der Waals surface area (Å²) >= 11 is 1.50. The predicted octanol–water partition coefficient (Wildman–Crippen LogP) is 3.97. The molecule has 0 bridgehead atoms. The Labute approximate surface area is 123 Å². The minimum atomic E-state index is 0.0208. The van der Waals surface area contributed by atoms with Gasteiger partial charge in [0.2, 0.25) is 0 Å². The molecule has 0 aliphatic rings. The van der Waals surface area contributed by atoms with Crippen LogP contribution in [-0.4, -0.2) is 28.9 Å². The van der Waals surface area contributed by atoms with Gasteiger partial charge in [-0.2, -0.15) is 0 Å². The Balaban J connectivity index is 2.21. The van der Waals surface area contributed by atoms with Crippen molar-refractivity contribution in [1.29, 1.82) is 0 Å². The molecule has 0 unspecified atom stereocenters. The average molecular weight is 292 g/mol. The second kappa shape index (κ2) is 6.70. The van der Waals surface area contributed by atoms with E-state index in [4.69, 9.17) is 4.42 Å². The Morgan fingerprint density at radius 2 is 2.25 bits per heavy atom. The third-order valence-corrected chi connectivity index (χ3v) is 4.17. The molecule has 2 aromatic heterocycles. The van der Waals surface area contributed by atoms with Gasteiger partial charge in [-0.3, -0.25) is 4.79 Å². The number of aromatic nitrogens is 1. The molecule has 1 amide bonds. The molecule has 0 fully saturated rings. The number of furan rings is 1. The fourth-order valence-corrected chi connectivity index (χ4v) is 2.88. The number of rotatable bonds is 6. The lowest BCUT2D eigenvalue weighted by molar-refractivity contribution is 0.0756. The van der Waals surface area contributed by atoms with Gasteiger partial charge in [0.05, 0.1) is 6.26 Å². The third-order valence-electron chi connectivity index (χ3n) is 3.18. The van der Waals surface area contributed by atoms with Crippen LogP contribution < -0.4 is 0 Å². The van der Waals surface area contributed by atoms with E-state index < -0.39 is 0 Å². The number of unbranched alkanes of at least 4 members (excludes halogenated alkanes) is 1. The second-order valence-electron chi connectivity index (χ2n) is 4.64. The highest BCUT2D eigenvalue weighted by molar-refractivity contribution is 7.15. The van der Waals surface area contributed by atoms with E-state index in [2.05, 4.69) is 11.9 Å². The van der Waals surface area contributed by atoms with Crippen LogP contribution in [0.2, 0.25) is 0 Å². The first kappa shape index (κ1) is 14.8. The number of carbonyl (C=O) groups is 1. The van der Waals surface area contributed by atoms with Gasteiger partial charge in [0.15, 0.2) is 10.8 Å². The van der Waals surface area contributed by atoms with E-state index in [1.807, 2.05) is 30.9 Å². The quantitative estimate of drug-likeness (QED) is 0.809. The molecule has 0 aliphatic heterocycles. The molecule has 0 saturated carbocycles. The summed E-state index contributed by atoms with van der Waals surface area (Å²) in [5, 5.41) is 0.766. The molecule has 0 saturated heterocycles. The zero-order valence-corrected chi connectivity index (χ0v) is 13.0. The summed E-state index contributed by atoms with van der Waals surface area (Å²) in [5.74, 6) is 0.737. The minimum Gasteiger partial charge on any atom is -0.462 e.